The lowest BCUT2D eigenvalue weighted by atomic mass is 10.0. The average Bonchev–Trinajstić information content (AvgIpc) is 2.99. The molecule has 0 aromatic heterocycles. The maximum atomic E-state index is 12.3. The van der Waals surface area contributed by atoms with E-state index in [1.807, 2.05) is 36.2 Å². The number of rotatable bonds is 6. The predicted molar refractivity (Wildman–Crippen MR) is 94.8 cm³/mol. The minimum atomic E-state index is 0. The topological polar surface area (TPSA) is 32.3 Å². The van der Waals surface area contributed by atoms with Gasteiger partial charge in [0.1, 0.15) is 0 Å². The van der Waals surface area contributed by atoms with Crippen LogP contribution in [-0.4, -0.2) is 37.0 Å². The number of halogens is 2. The summed E-state index contributed by atoms with van der Waals surface area (Å²) < 4.78 is 0. The maximum Gasteiger partial charge on any atom is 0.222 e. The second-order valence-electron chi connectivity index (χ2n) is 6.08. The number of nitrogens with one attached hydrogen (secondary N) is 1. The van der Waals surface area contributed by atoms with E-state index in [2.05, 4.69) is 12.2 Å². The second-order valence-corrected chi connectivity index (χ2v) is 6.52. The molecule has 1 aromatic carbocycles. The van der Waals surface area contributed by atoms with Crippen LogP contribution >= 0.6 is 24.0 Å². The second kappa shape index (κ2) is 9.39. The zero-order chi connectivity index (χ0) is 15.2. The van der Waals surface area contributed by atoms with Gasteiger partial charge in [-0.2, -0.15) is 0 Å². The van der Waals surface area contributed by atoms with Crippen LogP contribution in [0, 0.1) is 5.92 Å². The first-order chi connectivity index (χ1) is 10.1. The summed E-state index contributed by atoms with van der Waals surface area (Å²) in [6.45, 7) is 4.27. The molecule has 1 aliphatic rings. The molecule has 0 aliphatic carbocycles. The fourth-order valence-electron chi connectivity index (χ4n) is 2.81. The summed E-state index contributed by atoms with van der Waals surface area (Å²) in [5, 5.41) is 4.10. The molecule has 3 nitrogen and oxygen atoms in total. The van der Waals surface area contributed by atoms with Crippen molar-refractivity contribution < 1.29 is 4.79 Å². The van der Waals surface area contributed by atoms with Gasteiger partial charge in [-0.15, -0.1) is 12.4 Å². The van der Waals surface area contributed by atoms with Gasteiger partial charge in [0.05, 0.1) is 0 Å². The van der Waals surface area contributed by atoms with Crippen LogP contribution in [0.3, 0.4) is 0 Å². The van der Waals surface area contributed by atoms with Gasteiger partial charge in [0.2, 0.25) is 5.91 Å². The van der Waals surface area contributed by atoms with E-state index in [4.69, 9.17) is 11.6 Å². The van der Waals surface area contributed by atoms with Gasteiger partial charge in [-0.1, -0.05) is 23.7 Å². The molecule has 22 heavy (non-hydrogen) atoms. The molecular weight excluding hydrogens is 319 g/mol. The van der Waals surface area contributed by atoms with E-state index in [-0.39, 0.29) is 24.4 Å². The largest absolute Gasteiger partial charge is 0.343 e. The number of amides is 1. The number of carbonyl (C=O) groups excluding carboxylic acids is 1. The SMILES string of the molecule is CC(Cc1ccc(Cl)cc1)N(C)C(=O)CCC1CCNC1.Cl. The average molecular weight is 345 g/mol. The summed E-state index contributed by atoms with van der Waals surface area (Å²) in [5.41, 5.74) is 1.21. The highest BCUT2D eigenvalue weighted by molar-refractivity contribution is 6.30. The normalized spacial score (nSPS) is 18.6. The van der Waals surface area contributed by atoms with E-state index in [1.54, 1.807) is 0 Å². The third-order valence-electron chi connectivity index (χ3n) is 4.43. The highest BCUT2D eigenvalue weighted by atomic mass is 35.5. The van der Waals surface area contributed by atoms with Gasteiger partial charge in [-0.05, 0) is 62.9 Å². The first-order valence-electron chi connectivity index (χ1n) is 7.77. The van der Waals surface area contributed by atoms with Gasteiger partial charge >= 0.3 is 0 Å². The van der Waals surface area contributed by atoms with Crippen LogP contribution in [0.4, 0.5) is 0 Å². The molecule has 124 valence electrons. The van der Waals surface area contributed by atoms with Gasteiger partial charge in [0, 0.05) is 24.5 Å². The summed E-state index contributed by atoms with van der Waals surface area (Å²) in [5.74, 6) is 0.928. The third-order valence-corrected chi connectivity index (χ3v) is 4.68. The third kappa shape index (κ3) is 5.79. The Balaban J connectivity index is 0.00000242. The lowest BCUT2D eigenvalue weighted by Gasteiger charge is -2.25. The zero-order valence-electron chi connectivity index (χ0n) is 13.3. The van der Waals surface area contributed by atoms with E-state index >= 15 is 0 Å². The fourth-order valence-corrected chi connectivity index (χ4v) is 2.94. The molecular formula is C17H26Cl2N2O. The zero-order valence-corrected chi connectivity index (χ0v) is 14.9. The van der Waals surface area contributed by atoms with Crippen LogP contribution in [0.15, 0.2) is 24.3 Å². The van der Waals surface area contributed by atoms with Crippen molar-refractivity contribution in [3.63, 3.8) is 0 Å². The Bertz CT molecular complexity index is 458. The van der Waals surface area contributed by atoms with Crippen molar-refractivity contribution >= 4 is 29.9 Å². The van der Waals surface area contributed by atoms with Gasteiger partial charge in [-0.3, -0.25) is 4.79 Å². The monoisotopic (exact) mass is 344 g/mol. The van der Waals surface area contributed by atoms with E-state index in [1.165, 1.54) is 12.0 Å². The van der Waals surface area contributed by atoms with Crippen LogP contribution in [0.1, 0.15) is 31.7 Å². The molecule has 5 heteroatoms. The lowest BCUT2D eigenvalue weighted by molar-refractivity contribution is -0.131. The van der Waals surface area contributed by atoms with E-state index in [9.17, 15) is 4.79 Å². The Morgan fingerprint density at radius 2 is 2.09 bits per heavy atom. The molecule has 1 amide bonds. The van der Waals surface area contributed by atoms with Crippen molar-refractivity contribution in [2.45, 2.75) is 38.6 Å². The molecule has 1 fully saturated rings. The summed E-state index contributed by atoms with van der Waals surface area (Å²) in [6, 6.07) is 8.07. The number of hydrogen-bond donors (Lipinski definition) is 1. The van der Waals surface area contributed by atoms with Crippen LogP contribution in [0.2, 0.25) is 5.02 Å². The smallest absolute Gasteiger partial charge is 0.222 e. The van der Waals surface area contributed by atoms with E-state index in [0.717, 1.165) is 31.0 Å². The standard InChI is InChI=1S/C17H25ClN2O.ClH/c1-13(11-14-3-6-16(18)7-4-14)20(2)17(21)8-5-15-9-10-19-12-15;/h3-4,6-7,13,15,19H,5,8-12H2,1-2H3;1H. The summed E-state index contributed by atoms with van der Waals surface area (Å²) in [6.07, 6.45) is 3.74. The summed E-state index contributed by atoms with van der Waals surface area (Å²) >= 11 is 5.89. The molecule has 1 saturated heterocycles. The maximum absolute atomic E-state index is 12.3. The Morgan fingerprint density at radius 3 is 2.68 bits per heavy atom. The summed E-state index contributed by atoms with van der Waals surface area (Å²) in [7, 11) is 1.91. The fraction of sp³-hybridized carbons (Fsp3) is 0.588. The summed E-state index contributed by atoms with van der Waals surface area (Å²) in [4.78, 5) is 14.2. The Labute approximate surface area is 144 Å². The van der Waals surface area contributed by atoms with E-state index < -0.39 is 0 Å². The number of carbonyl (C=O) groups is 1. The minimum absolute atomic E-state index is 0. The van der Waals surface area contributed by atoms with Crippen LogP contribution < -0.4 is 5.32 Å². The molecule has 1 heterocycles. The molecule has 0 spiro atoms. The van der Waals surface area contributed by atoms with Crippen molar-refractivity contribution in [2.75, 3.05) is 20.1 Å². The van der Waals surface area contributed by atoms with E-state index in [0.29, 0.717) is 12.3 Å². The molecule has 1 N–H and O–H groups in total. The predicted octanol–water partition coefficient (Wildman–Crippen LogP) is 3.54. The highest BCUT2D eigenvalue weighted by Gasteiger charge is 2.19. The van der Waals surface area contributed by atoms with Crippen LogP contribution in [0.5, 0.6) is 0 Å². The number of nitrogens with zero attached hydrogens (tertiary/aromatic N) is 1. The Morgan fingerprint density at radius 1 is 1.41 bits per heavy atom. The van der Waals surface area contributed by atoms with Gasteiger partial charge in [-0.25, -0.2) is 0 Å². The molecule has 0 radical (unpaired) electrons. The van der Waals surface area contributed by atoms with Crippen molar-refractivity contribution in [2.24, 2.45) is 5.92 Å². The molecule has 1 aromatic rings. The van der Waals surface area contributed by atoms with Crippen LogP contribution in [0.25, 0.3) is 0 Å². The van der Waals surface area contributed by atoms with Crippen molar-refractivity contribution in [3.05, 3.63) is 34.9 Å². The molecule has 1 aliphatic heterocycles. The first-order valence-corrected chi connectivity index (χ1v) is 8.15. The number of hydrogen-bond acceptors (Lipinski definition) is 2. The van der Waals surface area contributed by atoms with Crippen molar-refractivity contribution in [1.29, 1.82) is 0 Å². The minimum Gasteiger partial charge on any atom is -0.343 e. The molecule has 0 bridgehead atoms. The molecule has 2 unspecified atom stereocenters. The lowest BCUT2D eigenvalue weighted by Crippen LogP contribution is -2.36. The molecule has 0 saturated carbocycles. The number of benzene rings is 1. The van der Waals surface area contributed by atoms with Gasteiger partial charge in [0.25, 0.3) is 0 Å². The number of likely N-dealkylation sites (N-methyl/N-ethyl adjacent to an activating group) is 1. The Hall–Kier alpha value is -0.770. The van der Waals surface area contributed by atoms with Crippen LogP contribution in [-0.2, 0) is 11.2 Å². The molecule has 2 rings (SSSR count). The van der Waals surface area contributed by atoms with Gasteiger partial charge in [0.15, 0.2) is 0 Å². The van der Waals surface area contributed by atoms with Gasteiger partial charge < -0.3 is 10.2 Å². The quantitative estimate of drug-likeness (QED) is 0.855. The highest BCUT2D eigenvalue weighted by Crippen LogP contribution is 2.17. The Kier molecular flexibility index (Phi) is 8.23. The molecule has 2 atom stereocenters. The van der Waals surface area contributed by atoms with Crippen molar-refractivity contribution in [3.8, 4) is 0 Å². The first kappa shape index (κ1) is 19.3. The van der Waals surface area contributed by atoms with Crippen molar-refractivity contribution in [1.82, 2.24) is 10.2 Å².